The maximum absolute atomic E-state index is 10.6. The standard InChI is InChI=1S/C16H26N2O2/c1-12(2)11-20-15-8-6-14(7-9-15)13(3)18-10-4-5-16(17)19/h6-9,12-13,18H,4-5,10-11H2,1-3H3,(H2,17,19). The number of nitrogens with two attached hydrogens (primary N) is 1. The number of amides is 1. The highest BCUT2D eigenvalue weighted by Gasteiger charge is 2.05. The molecule has 0 aliphatic rings. The molecule has 20 heavy (non-hydrogen) atoms. The van der Waals surface area contributed by atoms with Crippen LogP contribution in [0.3, 0.4) is 0 Å². The number of benzene rings is 1. The van der Waals surface area contributed by atoms with Crippen LogP contribution in [0.5, 0.6) is 5.75 Å². The fourth-order valence-electron chi connectivity index (χ4n) is 1.81. The summed E-state index contributed by atoms with van der Waals surface area (Å²) in [4.78, 5) is 10.6. The Balaban J connectivity index is 2.37. The molecule has 0 saturated heterocycles. The molecule has 4 nitrogen and oxygen atoms in total. The van der Waals surface area contributed by atoms with Crippen molar-refractivity contribution in [1.82, 2.24) is 5.32 Å². The lowest BCUT2D eigenvalue weighted by atomic mass is 10.1. The molecule has 3 N–H and O–H groups in total. The summed E-state index contributed by atoms with van der Waals surface area (Å²) < 4.78 is 5.66. The SMILES string of the molecule is CC(C)COc1ccc(C(C)NCCCC(N)=O)cc1. The van der Waals surface area contributed by atoms with Gasteiger partial charge in [-0.1, -0.05) is 26.0 Å². The van der Waals surface area contributed by atoms with Gasteiger partial charge in [0.1, 0.15) is 5.75 Å². The topological polar surface area (TPSA) is 64.3 Å². The minimum absolute atomic E-state index is 0.244. The molecule has 4 heteroatoms. The molecule has 1 aromatic rings. The highest BCUT2D eigenvalue weighted by Crippen LogP contribution is 2.18. The second-order valence-electron chi connectivity index (χ2n) is 5.52. The highest BCUT2D eigenvalue weighted by atomic mass is 16.5. The Hall–Kier alpha value is -1.55. The summed E-state index contributed by atoms with van der Waals surface area (Å²) in [6.45, 7) is 7.89. The fourth-order valence-corrected chi connectivity index (χ4v) is 1.81. The van der Waals surface area contributed by atoms with E-state index in [0.29, 0.717) is 12.3 Å². The van der Waals surface area contributed by atoms with E-state index in [1.54, 1.807) is 0 Å². The number of hydrogen-bond donors (Lipinski definition) is 2. The maximum atomic E-state index is 10.6. The molecule has 1 rings (SSSR count). The molecule has 0 aromatic heterocycles. The Morgan fingerprint density at radius 2 is 1.90 bits per heavy atom. The van der Waals surface area contributed by atoms with Crippen molar-refractivity contribution in [2.24, 2.45) is 11.7 Å². The average molecular weight is 278 g/mol. The summed E-state index contributed by atoms with van der Waals surface area (Å²) in [7, 11) is 0. The Kier molecular flexibility index (Phi) is 7.09. The number of hydrogen-bond acceptors (Lipinski definition) is 3. The number of ether oxygens (including phenoxy) is 1. The third kappa shape index (κ3) is 6.57. The van der Waals surface area contributed by atoms with Gasteiger partial charge in [-0.2, -0.15) is 0 Å². The number of nitrogens with one attached hydrogen (secondary N) is 1. The van der Waals surface area contributed by atoms with E-state index >= 15 is 0 Å². The smallest absolute Gasteiger partial charge is 0.217 e. The van der Waals surface area contributed by atoms with Crippen molar-refractivity contribution in [3.8, 4) is 5.75 Å². The molecular weight excluding hydrogens is 252 g/mol. The van der Waals surface area contributed by atoms with Gasteiger partial charge in [-0.3, -0.25) is 4.79 Å². The minimum atomic E-state index is -0.244. The number of carbonyl (C=O) groups excluding carboxylic acids is 1. The predicted molar refractivity (Wildman–Crippen MR) is 81.6 cm³/mol. The molecule has 1 aromatic carbocycles. The molecule has 0 saturated carbocycles. The van der Waals surface area contributed by atoms with Crippen molar-refractivity contribution in [3.05, 3.63) is 29.8 Å². The first-order chi connectivity index (χ1) is 9.49. The molecule has 1 amide bonds. The highest BCUT2D eigenvalue weighted by molar-refractivity contribution is 5.73. The zero-order chi connectivity index (χ0) is 15.0. The summed E-state index contributed by atoms with van der Waals surface area (Å²) in [5, 5.41) is 3.38. The van der Waals surface area contributed by atoms with Crippen LogP contribution < -0.4 is 15.8 Å². The van der Waals surface area contributed by atoms with E-state index in [-0.39, 0.29) is 11.9 Å². The van der Waals surface area contributed by atoms with Gasteiger partial charge in [0.15, 0.2) is 0 Å². The van der Waals surface area contributed by atoms with Gasteiger partial charge in [-0.05, 0) is 43.5 Å². The molecule has 1 unspecified atom stereocenters. The van der Waals surface area contributed by atoms with E-state index in [0.717, 1.165) is 25.3 Å². The Labute approximate surface area is 121 Å². The Bertz CT molecular complexity index is 401. The van der Waals surface area contributed by atoms with E-state index in [1.165, 1.54) is 5.56 Å². The second-order valence-corrected chi connectivity index (χ2v) is 5.52. The molecular formula is C16H26N2O2. The van der Waals surface area contributed by atoms with Gasteiger partial charge in [0, 0.05) is 12.5 Å². The van der Waals surface area contributed by atoms with Crippen molar-refractivity contribution in [2.75, 3.05) is 13.2 Å². The molecule has 0 bridgehead atoms. The predicted octanol–water partition coefficient (Wildman–Crippen LogP) is 2.64. The maximum Gasteiger partial charge on any atom is 0.217 e. The van der Waals surface area contributed by atoms with Gasteiger partial charge in [0.05, 0.1) is 6.61 Å². The van der Waals surface area contributed by atoms with Crippen LogP contribution in [0.25, 0.3) is 0 Å². The molecule has 112 valence electrons. The summed E-state index contributed by atoms with van der Waals surface area (Å²) in [5.41, 5.74) is 6.32. The van der Waals surface area contributed by atoms with E-state index in [4.69, 9.17) is 10.5 Å². The van der Waals surface area contributed by atoms with Crippen LogP contribution in [0.2, 0.25) is 0 Å². The Morgan fingerprint density at radius 3 is 2.45 bits per heavy atom. The third-order valence-electron chi connectivity index (χ3n) is 3.01. The van der Waals surface area contributed by atoms with Gasteiger partial charge in [0.25, 0.3) is 0 Å². The summed E-state index contributed by atoms with van der Waals surface area (Å²) >= 11 is 0. The lowest BCUT2D eigenvalue weighted by Crippen LogP contribution is -2.21. The third-order valence-corrected chi connectivity index (χ3v) is 3.01. The monoisotopic (exact) mass is 278 g/mol. The summed E-state index contributed by atoms with van der Waals surface area (Å²) in [6.07, 6.45) is 1.21. The molecule has 0 radical (unpaired) electrons. The van der Waals surface area contributed by atoms with Crippen molar-refractivity contribution in [2.45, 2.75) is 39.7 Å². The lowest BCUT2D eigenvalue weighted by Gasteiger charge is -2.15. The molecule has 0 aliphatic heterocycles. The Morgan fingerprint density at radius 1 is 1.25 bits per heavy atom. The zero-order valence-electron chi connectivity index (χ0n) is 12.7. The largest absolute Gasteiger partial charge is 0.493 e. The summed E-state index contributed by atoms with van der Waals surface area (Å²) in [5.74, 6) is 1.19. The van der Waals surface area contributed by atoms with E-state index < -0.39 is 0 Å². The van der Waals surface area contributed by atoms with Crippen molar-refractivity contribution >= 4 is 5.91 Å². The average Bonchev–Trinajstić information content (AvgIpc) is 2.41. The first-order valence-electron chi connectivity index (χ1n) is 7.23. The van der Waals surface area contributed by atoms with Crippen LogP contribution in [-0.2, 0) is 4.79 Å². The molecule has 0 fully saturated rings. The number of rotatable bonds is 9. The van der Waals surface area contributed by atoms with E-state index in [2.05, 4.69) is 38.2 Å². The first-order valence-corrected chi connectivity index (χ1v) is 7.23. The normalized spacial score (nSPS) is 12.4. The lowest BCUT2D eigenvalue weighted by molar-refractivity contribution is -0.118. The van der Waals surface area contributed by atoms with Crippen molar-refractivity contribution in [1.29, 1.82) is 0 Å². The summed E-state index contributed by atoms with van der Waals surface area (Å²) in [6, 6.07) is 8.39. The van der Waals surface area contributed by atoms with Crippen LogP contribution in [0.1, 0.15) is 45.2 Å². The molecule has 1 atom stereocenters. The van der Waals surface area contributed by atoms with Crippen molar-refractivity contribution in [3.63, 3.8) is 0 Å². The zero-order valence-corrected chi connectivity index (χ0v) is 12.7. The first kappa shape index (κ1) is 16.5. The van der Waals surface area contributed by atoms with Crippen LogP contribution >= 0.6 is 0 Å². The molecule has 0 spiro atoms. The fraction of sp³-hybridized carbons (Fsp3) is 0.562. The van der Waals surface area contributed by atoms with Crippen LogP contribution in [0.4, 0.5) is 0 Å². The number of carbonyl (C=O) groups is 1. The van der Waals surface area contributed by atoms with E-state index in [9.17, 15) is 4.79 Å². The van der Waals surface area contributed by atoms with Crippen LogP contribution in [-0.4, -0.2) is 19.1 Å². The van der Waals surface area contributed by atoms with Gasteiger partial charge in [-0.25, -0.2) is 0 Å². The second kappa shape index (κ2) is 8.59. The minimum Gasteiger partial charge on any atom is -0.493 e. The number of primary amides is 1. The molecule has 0 aliphatic carbocycles. The van der Waals surface area contributed by atoms with Gasteiger partial charge in [-0.15, -0.1) is 0 Å². The van der Waals surface area contributed by atoms with Crippen LogP contribution in [0, 0.1) is 5.92 Å². The quantitative estimate of drug-likeness (QED) is 0.682. The van der Waals surface area contributed by atoms with Crippen molar-refractivity contribution < 1.29 is 9.53 Å². The van der Waals surface area contributed by atoms with Gasteiger partial charge < -0.3 is 15.8 Å². The molecule has 0 heterocycles. The van der Waals surface area contributed by atoms with E-state index in [1.807, 2.05) is 12.1 Å². The van der Waals surface area contributed by atoms with Gasteiger partial charge >= 0.3 is 0 Å². The van der Waals surface area contributed by atoms with Crippen LogP contribution in [0.15, 0.2) is 24.3 Å². The van der Waals surface area contributed by atoms with Gasteiger partial charge in [0.2, 0.25) is 5.91 Å².